The van der Waals surface area contributed by atoms with Crippen LogP contribution in [0.3, 0.4) is 0 Å². The number of amidine groups is 1. The maximum Gasteiger partial charge on any atom is 0.264 e. The summed E-state index contributed by atoms with van der Waals surface area (Å²) < 4.78 is 0. The van der Waals surface area contributed by atoms with E-state index in [1.165, 1.54) is 6.42 Å². The third-order valence-electron chi connectivity index (χ3n) is 5.44. The predicted octanol–water partition coefficient (Wildman–Crippen LogP) is 3.56. The van der Waals surface area contributed by atoms with Gasteiger partial charge in [-0.15, -0.1) is 0 Å². The van der Waals surface area contributed by atoms with E-state index in [0.29, 0.717) is 28.2 Å². The Morgan fingerprint density at radius 3 is 2.30 bits per heavy atom. The molecule has 1 heterocycles. The quantitative estimate of drug-likeness (QED) is 0.611. The summed E-state index contributed by atoms with van der Waals surface area (Å²) in [6, 6.07) is 18.2. The molecular weight excluding hydrogens is 376 g/mol. The number of carbonyl (C=O) groups excluding carboxylic acids is 2. The zero-order valence-electron chi connectivity index (χ0n) is 16.5. The summed E-state index contributed by atoms with van der Waals surface area (Å²) in [5.74, 6) is -0.364. The number of nitrogens with one attached hydrogen (secondary N) is 2. The lowest BCUT2D eigenvalue weighted by Gasteiger charge is -2.22. The second-order valence-electron chi connectivity index (χ2n) is 7.47. The van der Waals surface area contributed by atoms with Gasteiger partial charge in [-0.25, -0.2) is 4.99 Å². The van der Waals surface area contributed by atoms with Gasteiger partial charge in [0.2, 0.25) is 0 Å². The molecule has 2 aromatic carbocycles. The second kappa shape index (κ2) is 8.75. The van der Waals surface area contributed by atoms with Gasteiger partial charge in [0.25, 0.3) is 11.8 Å². The van der Waals surface area contributed by atoms with Crippen molar-refractivity contribution in [2.75, 3.05) is 0 Å². The number of carbonyl (C=O) groups is 2. The maximum absolute atomic E-state index is 12.8. The van der Waals surface area contributed by atoms with Crippen LogP contribution >= 0.6 is 0 Å². The van der Waals surface area contributed by atoms with Crippen LogP contribution in [0.25, 0.3) is 5.70 Å². The van der Waals surface area contributed by atoms with Crippen molar-refractivity contribution in [2.45, 2.75) is 38.1 Å². The van der Waals surface area contributed by atoms with Crippen molar-refractivity contribution in [2.24, 2.45) is 4.99 Å². The van der Waals surface area contributed by atoms with E-state index in [2.05, 4.69) is 15.6 Å². The van der Waals surface area contributed by atoms with E-state index in [0.717, 1.165) is 25.7 Å². The van der Waals surface area contributed by atoms with Gasteiger partial charge in [0.15, 0.2) is 0 Å². The molecule has 1 aliphatic heterocycles. The van der Waals surface area contributed by atoms with Crippen molar-refractivity contribution < 1.29 is 9.59 Å². The van der Waals surface area contributed by atoms with Crippen LogP contribution in [0.1, 0.15) is 53.6 Å². The van der Waals surface area contributed by atoms with E-state index < -0.39 is 5.91 Å². The number of hydrogen-bond acceptors (Lipinski definition) is 4. The summed E-state index contributed by atoms with van der Waals surface area (Å²) in [5, 5.41) is 15.5. The predicted molar refractivity (Wildman–Crippen MR) is 114 cm³/mol. The molecule has 1 saturated carbocycles. The first-order chi connectivity index (χ1) is 14.7. The van der Waals surface area contributed by atoms with Gasteiger partial charge in [-0.05, 0) is 25.0 Å². The van der Waals surface area contributed by atoms with E-state index >= 15 is 0 Å². The molecule has 2 aliphatic rings. The highest BCUT2D eigenvalue weighted by molar-refractivity contribution is 6.20. The zero-order valence-corrected chi connectivity index (χ0v) is 16.5. The molecule has 4 rings (SSSR count). The van der Waals surface area contributed by atoms with Crippen LogP contribution in [-0.2, 0) is 4.79 Å². The fourth-order valence-electron chi connectivity index (χ4n) is 3.90. The van der Waals surface area contributed by atoms with Gasteiger partial charge in [0.05, 0.1) is 5.70 Å². The minimum absolute atomic E-state index is 0.0306. The van der Waals surface area contributed by atoms with E-state index in [4.69, 9.17) is 0 Å². The van der Waals surface area contributed by atoms with Gasteiger partial charge in [0, 0.05) is 22.7 Å². The van der Waals surface area contributed by atoms with Gasteiger partial charge in [-0.3, -0.25) is 9.59 Å². The SMILES string of the molecule is N#CC(C(=O)NC1CCCCC1)=C1N=C(NC(=O)c2ccccc2)c2ccccc21. The highest BCUT2D eigenvalue weighted by Crippen LogP contribution is 2.31. The number of benzene rings is 2. The summed E-state index contributed by atoms with van der Waals surface area (Å²) in [7, 11) is 0. The van der Waals surface area contributed by atoms with Crippen LogP contribution in [0.5, 0.6) is 0 Å². The first-order valence-electron chi connectivity index (χ1n) is 10.2. The molecule has 2 aromatic rings. The molecule has 0 aromatic heterocycles. The van der Waals surface area contributed by atoms with E-state index in [1.54, 1.807) is 30.3 Å². The highest BCUT2D eigenvalue weighted by Gasteiger charge is 2.28. The van der Waals surface area contributed by atoms with Crippen LogP contribution in [0, 0.1) is 11.3 Å². The minimum Gasteiger partial charge on any atom is -0.349 e. The second-order valence-corrected chi connectivity index (χ2v) is 7.47. The smallest absolute Gasteiger partial charge is 0.264 e. The van der Waals surface area contributed by atoms with Crippen LogP contribution in [-0.4, -0.2) is 23.7 Å². The summed E-state index contributed by atoms with van der Waals surface area (Å²) in [4.78, 5) is 29.9. The fraction of sp³-hybridized carbons (Fsp3) is 0.250. The minimum atomic E-state index is -0.409. The molecule has 0 unspecified atom stereocenters. The summed E-state index contributed by atoms with van der Waals surface area (Å²) >= 11 is 0. The molecule has 0 atom stereocenters. The highest BCUT2D eigenvalue weighted by atomic mass is 16.2. The number of fused-ring (bicyclic) bond motifs is 1. The molecule has 6 heteroatoms. The van der Waals surface area contributed by atoms with Crippen LogP contribution in [0.15, 0.2) is 65.2 Å². The third-order valence-corrected chi connectivity index (χ3v) is 5.44. The Morgan fingerprint density at radius 1 is 0.933 bits per heavy atom. The van der Waals surface area contributed by atoms with E-state index in [1.807, 2.05) is 30.3 Å². The molecular formula is C24H22N4O2. The lowest BCUT2D eigenvalue weighted by Crippen LogP contribution is -2.37. The van der Waals surface area contributed by atoms with E-state index in [-0.39, 0.29) is 17.5 Å². The molecule has 2 N–H and O–H groups in total. The van der Waals surface area contributed by atoms with Crippen molar-refractivity contribution >= 4 is 23.3 Å². The number of aliphatic imine (C=N–C) groups is 1. The van der Waals surface area contributed by atoms with Crippen molar-refractivity contribution in [3.8, 4) is 6.07 Å². The number of nitrogens with zero attached hydrogens (tertiary/aromatic N) is 2. The van der Waals surface area contributed by atoms with Crippen LogP contribution in [0.2, 0.25) is 0 Å². The molecule has 2 amide bonds. The number of rotatable bonds is 3. The monoisotopic (exact) mass is 398 g/mol. The molecule has 1 aliphatic carbocycles. The van der Waals surface area contributed by atoms with Gasteiger partial charge in [0.1, 0.15) is 17.5 Å². The van der Waals surface area contributed by atoms with Crippen LogP contribution in [0.4, 0.5) is 0 Å². The summed E-state index contributed by atoms with van der Waals surface area (Å²) in [5.41, 5.74) is 2.12. The molecule has 150 valence electrons. The van der Waals surface area contributed by atoms with Gasteiger partial charge in [-0.2, -0.15) is 5.26 Å². The third kappa shape index (κ3) is 4.01. The van der Waals surface area contributed by atoms with Gasteiger partial charge in [-0.1, -0.05) is 61.7 Å². The Labute approximate surface area is 175 Å². The average molecular weight is 398 g/mol. The normalized spacial score (nSPS) is 17.4. The topological polar surface area (TPSA) is 94.3 Å². The Hall–Kier alpha value is -3.72. The lowest BCUT2D eigenvalue weighted by molar-refractivity contribution is -0.117. The maximum atomic E-state index is 12.8. The molecule has 0 bridgehead atoms. The Morgan fingerprint density at radius 2 is 1.60 bits per heavy atom. The Kier molecular flexibility index (Phi) is 5.71. The first kappa shape index (κ1) is 19.6. The van der Waals surface area contributed by atoms with Crippen molar-refractivity contribution in [1.82, 2.24) is 10.6 Å². The van der Waals surface area contributed by atoms with E-state index in [9.17, 15) is 14.9 Å². The number of hydrogen-bond donors (Lipinski definition) is 2. The largest absolute Gasteiger partial charge is 0.349 e. The molecule has 0 radical (unpaired) electrons. The zero-order chi connectivity index (χ0) is 20.9. The van der Waals surface area contributed by atoms with Gasteiger partial charge >= 0.3 is 0 Å². The molecule has 1 fully saturated rings. The summed E-state index contributed by atoms with van der Waals surface area (Å²) in [6.07, 6.45) is 5.21. The Balaban J connectivity index is 1.65. The van der Waals surface area contributed by atoms with Crippen molar-refractivity contribution in [1.29, 1.82) is 5.26 Å². The standard InChI is InChI=1S/C24H22N4O2/c25-15-20(24(30)26-17-11-5-2-6-12-17)21-18-13-7-8-14-19(18)22(27-21)28-23(29)16-9-3-1-4-10-16/h1,3-4,7-10,13-14,17H,2,5-6,11-12H2,(H,26,30)(H,27,28,29). The lowest BCUT2D eigenvalue weighted by atomic mass is 9.95. The fourth-order valence-corrected chi connectivity index (χ4v) is 3.90. The molecule has 30 heavy (non-hydrogen) atoms. The van der Waals surface area contributed by atoms with Crippen LogP contribution < -0.4 is 10.6 Å². The Bertz CT molecular complexity index is 1070. The number of amides is 2. The average Bonchev–Trinajstić information content (AvgIpc) is 3.14. The first-order valence-corrected chi connectivity index (χ1v) is 10.2. The van der Waals surface area contributed by atoms with Crippen molar-refractivity contribution in [3.63, 3.8) is 0 Å². The molecule has 0 saturated heterocycles. The van der Waals surface area contributed by atoms with Gasteiger partial charge < -0.3 is 10.6 Å². The number of nitriles is 1. The molecule has 0 spiro atoms. The summed E-state index contributed by atoms with van der Waals surface area (Å²) in [6.45, 7) is 0. The molecule has 6 nitrogen and oxygen atoms in total. The van der Waals surface area contributed by atoms with Crippen molar-refractivity contribution in [3.05, 3.63) is 76.9 Å².